The van der Waals surface area contributed by atoms with Gasteiger partial charge in [-0.2, -0.15) is 23.4 Å². The molecule has 0 aliphatic carbocycles. The number of nitrogens with zero attached hydrogens (tertiary/aromatic N) is 6. The lowest BCUT2D eigenvalue weighted by molar-refractivity contribution is -0.201. The fourth-order valence-corrected chi connectivity index (χ4v) is 3.45. The molecule has 3 aromatic rings. The number of alkyl halides is 3. The van der Waals surface area contributed by atoms with Gasteiger partial charge in [-0.1, -0.05) is 11.6 Å². The van der Waals surface area contributed by atoms with Gasteiger partial charge in [0.15, 0.2) is 5.15 Å². The van der Waals surface area contributed by atoms with E-state index in [4.69, 9.17) is 17.3 Å². The van der Waals surface area contributed by atoms with Gasteiger partial charge in [0.1, 0.15) is 17.9 Å². The summed E-state index contributed by atoms with van der Waals surface area (Å²) < 4.78 is 41.3. The van der Waals surface area contributed by atoms with E-state index < -0.39 is 24.3 Å². The van der Waals surface area contributed by atoms with Crippen molar-refractivity contribution in [3.05, 3.63) is 23.6 Å². The molecule has 0 atom stereocenters. The van der Waals surface area contributed by atoms with Crippen molar-refractivity contribution in [3.63, 3.8) is 0 Å². The molecule has 0 amide bonds. The number of halogens is 4. The maximum absolute atomic E-state index is 12.3. The summed E-state index contributed by atoms with van der Waals surface area (Å²) in [5.74, 6) is -1.70. The van der Waals surface area contributed by atoms with Gasteiger partial charge < -0.3 is 15.4 Å². The number of carbonyl (C=O) groups is 1. The van der Waals surface area contributed by atoms with Crippen LogP contribution < -0.4 is 10.6 Å². The molecule has 164 valence electrons. The molecule has 3 N–H and O–H groups in total. The van der Waals surface area contributed by atoms with Crippen LogP contribution in [0.4, 0.5) is 19.0 Å². The minimum absolute atomic E-state index is 0.195. The fraction of sp³-hybridized carbons (Fsp3) is 0.412. The molecule has 1 saturated heterocycles. The van der Waals surface area contributed by atoms with E-state index in [1.54, 1.807) is 12.3 Å². The molecule has 0 unspecified atom stereocenters. The predicted octanol–water partition coefficient (Wildman–Crippen LogP) is 1.87. The van der Waals surface area contributed by atoms with Crippen LogP contribution >= 0.6 is 11.6 Å². The van der Waals surface area contributed by atoms with Crippen LogP contribution in [-0.2, 0) is 9.53 Å². The average Bonchev–Trinajstić information content (AvgIpc) is 3.15. The van der Waals surface area contributed by atoms with Gasteiger partial charge in [0.25, 0.3) is 0 Å². The molecule has 1 fully saturated rings. The van der Waals surface area contributed by atoms with E-state index in [0.717, 1.165) is 0 Å². The highest BCUT2D eigenvalue weighted by atomic mass is 35.5. The fourth-order valence-electron chi connectivity index (χ4n) is 3.24. The van der Waals surface area contributed by atoms with Gasteiger partial charge >= 0.3 is 12.1 Å². The zero-order valence-electron chi connectivity index (χ0n) is 15.9. The lowest BCUT2D eigenvalue weighted by Gasteiger charge is -2.39. The Morgan fingerprint density at radius 3 is 2.77 bits per heavy atom. The van der Waals surface area contributed by atoms with Gasteiger partial charge in [-0.25, -0.2) is 14.8 Å². The van der Waals surface area contributed by atoms with Gasteiger partial charge in [-0.05, 0) is 18.9 Å². The molecule has 1 aliphatic rings. The third kappa shape index (κ3) is 4.37. The van der Waals surface area contributed by atoms with Crippen LogP contribution in [0, 0.1) is 0 Å². The van der Waals surface area contributed by atoms with Crippen LogP contribution in [0.5, 0.6) is 0 Å². The lowest BCUT2D eigenvalue weighted by Crippen LogP contribution is -2.54. The number of hydrogen-bond donors (Lipinski definition) is 2. The number of fused-ring (bicyclic) bond motifs is 1. The molecule has 0 bridgehead atoms. The highest BCUT2D eigenvalue weighted by Gasteiger charge is 2.43. The summed E-state index contributed by atoms with van der Waals surface area (Å²) in [6, 6.07) is 1.68. The Morgan fingerprint density at radius 2 is 2.10 bits per heavy atom. The number of aromatic nitrogens is 6. The molecule has 4 rings (SSSR count). The quantitative estimate of drug-likeness (QED) is 0.563. The van der Waals surface area contributed by atoms with Crippen molar-refractivity contribution in [1.82, 2.24) is 30.4 Å². The molecule has 0 radical (unpaired) electrons. The van der Waals surface area contributed by atoms with Crippen molar-refractivity contribution in [3.8, 4) is 11.3 Å². The van der Waals surface area contributed by atoms with Crippen LogP contribution in [0.3, 0.4) is 0 Å². The predicted molar refractivity (Wildman–Crippen MR) is 103 cm³/mol. The number of ether oxygens (including phenoxy) is 1. The molecule has 3 aromatic heterocycles. The van der Waals surface area contributed by atoms with Crippen molar-refractivity contribution in [1.29, 1.82) is 0 Å². The Balaban J connectivity index is 1.45. The zero-order chi connectivity index (χ0) is 22.2. The van der Waals surface area contributed by atoms with Crippen molar-refractivity contribution in [2.45, 2.75) is 24.6 Å². The van der Waals surface area contributed by atoms with Gasteiger partial charge in [0.2, 0.25) is 5.65 Å². The Labute approximate surface area is 178 Å². The summed E-state index contributed by atoms with van der Waals surface area (Å²) in [5, 5.41) is 14.7. The summed E-state index contributed by atoms with van der Waals surface area (Å²) in [5.41, 5.74) is 7.08. The average molecular weight is 457 g/mol. The number of H-pyrrole nitrogens is 1. The summed E-state index contributed by atoms with van der Waals surface area (Å²) in [4.78, 5) is 21.7. The summed E-state index contributed by atoms with van der Waals surface area (Å²) in [6.45, 7) is 0.294. The summed E-state index contributed by atoms with van der Waals surface area (Å²) in [7, 11) is 0. The first-order valence-electron chi connectivity index (χ1n) is 9.13. The number of esters is 1. The first kappa shape index (κ1) is 21.2. The number of piperidine rings is 1. The Kier molecular flexibility index (Phi) is 5.39. The van der Waals surface area contributed by atoms with Gasteiger partial charge in [-0.3, -0.25) is 5.10 Å². The maximum Gasteiger partial charge on any atom is 0.490 e. The normalized spacial score (nSPS) is 16.5. The summed E-state index contributed by atoms with van der Waals surface area (Å²) in [6.07, 6.45) is -1.36. The minimum atomic E-state index is -5.04. The van der Waals surface area contributed by atoms with Crippen molar-refractivity contribution >= 4 is 34.6 Å². The van der Waals surface area contributed by atoms with Crippen LogP contribution in [0.2, 0.25) is 5.15 Å². The number of aromatic amines is 1. The first-order chi connectivity index (χ1) is 14.7. The molecule has 10 nitrogen and oxygen atoms in total. The van der Waals surface area contributed by atoms with Crippen molar-refractivity contribution in [2.75, 3.05) is 24.6 Å². The molecule has 31 heavy (non-hydrogen) atoms. The molecule has 1 aliphatic heterocycles. The third-order valence-corrected chi connectivity index (χ3v) is 5.28. The van der Waals surface area contributed by atoms with Gasteiger partial charge in [-0.15, -0.1) is 5.10 Å². The number of carbonyl (C=O) groups excluding carboxylic acids is 1. The van der Waals surface area contributed by atoms with E-state index in [0.29, 0.717) is 54.2 Å². The molecule has 0 spiro atoms. The van der Waals surface area contributed by atoms with E-state index >= 15 is 0 Å². The number of nitrogens with two attached hydrogens (primary N) is 1. The van der Waals surface area contributed by atoms with Crippen LogP contribution in [-0.4, -0.2) is 67.7 Å². The Hall–Kier alpha value is -3.06. The standard InChI is InChI=1S/C17H16ClF3N8O2/c18-13-9(1-4-24-27-13)11-12-14(28-26-11)25-10(7-23-12)29-5-2-16(22,3-6-29)8-31-15(30)17(19,20)21/h1,4,7H,2-3,5-6,8,22H2,(H,25,26,28). The second-order valence-electron chi connectivity index (χ2n) is 7.16. The Bertz CT molecular complexity index is 1110. The van der Waals surface area contributed by atoms with Crippen molar-refractivity contribution in [2.24, 2.45) is 5.73 Å². The van der Waals surface area contributed by atoms with E-state index in [-0.39, 0.29) is 5.15 Å². The highest BCUT2D eigenvalue weighted by Crippen LogP contribution is 2.30. The topological polar surface area (TPSA) is 136 Å². The molecule has 0 aromatic carbocycles. The van der Waals surface area contributed by atoms with E-state index in [2.05, 4.69) is 35.1 Å². The first-order valence-corrected chi connectivity index (χ1v) is 9.50. The van der Waals surface area contributed by atoms with Crippen LogP contribution in [0.1, 0.15) is 12.8 Å². The van der Waals surface area contributed by atoms with Crippen LogP contribution in [0.25, 0.3) is 22.4 Å². The number of anilines is 1. The van der Waals surface area contributed by atoms with E-state index in [1.807, 2.05) is 4.90 Å². The molecular weight excluding hydrogens is 441 g/mol. The number of nitrogens with one attached hydrogen (secondary N) is 1. The highest BCUT2D eigenvalue weighted by molar-refractivity contribution is 6.32. The van der Waals surface area contributed by atoms with Crippen molar-refractivity contribution < 1.29 is 22.7 Å². The SMILES string of the molecule is NC1(COC(=O)C(F)(F)F)CCN(c2cnc3c(-c4ccnnc4Cl)[nH]nc3n2)CC1. The van der Waals surface area contributed by atoms with E-state index in [1.165, 1.54) is 6.20 Å². The molecule has 14 heteroatoms. The number of rotatable bonds is 4. The lowest BCUT2D eigenvalue weighted by atomic mass is 9.89. The number of hydrogen-bond acceptors (Lipinski definition) is 9. The third-order valence-electron chi connectivity index (χ3n) is 5.00. The van der Waals surface area contributed by atoms with Crippen LogP contribution in [0.15, 0.2) is 18.5 Å². The minimum Gasteiger partial charge on any atom is -0.457 e. The second-order valence-corrected chi connectivity index (χ2v) is 7.52. The monoisotopic (exact) mass is 456 g/mol. The Morgan fingerprint density at radius 1 is 1.35 bits per heavy atom. The summed E-state index contributed by atoms with van der Waals surface area (Å²) >= 11 is 6.08. The van der Waals surface area contributed by atoms with Gasteiger partial charge in [0, 0.05) is 18.7 Å². The smallest absolute Gasteiger partial charge is 0.457 e. The molecule has 4 heterocycles. The molecular formula is C17H16ClF3N8O2. The second kappa shape index (κ2) is 7.89. The van der Waals surface area contributed by atoms with Gasteiger partial charge in [0.05, 0.1) is 23.6 Å². The zero-order valence-corrected chi connectivity index (χ0v) is 16.6. The molecule has 0 saturated carbocycles. The maximum atomic E-state index is 12.3. The van der Waals surface area contributed by atoms with E-state index in [9.17, 15) is 18.0 Å². The largest absolute Gasteiger partial charge is 0.490 e.